The lowest BCUT2D eigenvalue weighted by Gasteiger charge is -2.32. The van der Waals surface area contributed by atoms with Crippen LogP contribution in [0.15, 0.2) is 236 Å². The molecule has 8 aromatic carbocycles. The summed E-state index contributed by atoms with van der Waals surface area (Å²) in [5, 5.41) is 4.61. The van der Waals surface area contributed by atoms with Gasteiger partial charge >= 0.3 is 0 Å². The van der Waals surface area contributed by atoms with Crippen LogP contribution >= 0.6 is 0 Å². The molecule has 0 radical (unpaired) electrons. The number of halogens is 2. The molecule has 10 aromatic rings. The van der Waals surface area contributed by atoms with Gasteiger partial charge in [0.1, 0.15) is 11.6 Å². The predicted molar refractivity (Wildman–Crippen MR) is 275 cm³/mol. The van der Waals surface area contributed by atoms with E-state index in [2.05, 4.69) is 214 Å². The lowest BCUT2D eigenvalue weighted by atomic mass is 9.83. The summed E-state index contributed by atoms with van der Waals surface area (Å²) in [4.78, 5) is 4.68. The highest BCUT2D eigenvalue weighted by Gasteiger charge is 2.25. The van der Waals surface area contributed by atoms with Crippen LogP contribution in [-0.4, -0.2) is 9.13 Å². The van der Waals surface area contributed by atoms with E-state index in [1.54, 1.807) is 6.08 Å². The van der Waals surface area contributed by atoms with Gasteiger partial charge in [-0.05, 0) is 145 Å². The van der Waals surface area contributed by atoms with Crippen molar-refractivity contribution in [2.24, 2.45) is 5.92 Å². The maximum absolute atomic E-state index is 14.1. The van der Waals surface area contributed by atoms with E-state index in [1.807, 2.05) is 18.2 Å². The summed E-state index contributed by atoms with van der Waals surface area (Å²) in [7, 11) is 0. The number of fused-ring (bicyclic) bond motifs is 6. The number of hydrogen-bond donors (Lipinski definition) is 0. The molecular weight excluding hydrogens is 827 g/mol. The van der Waals surface area contributed by atoms with E-state index in [-0.39, 0.29) is 23.5 Å². The minimum Gasteiger partial charge on any atom is -0.313 e. The zero-order chi connectivity index (χ0) is 45.0. The first-order chi connectivity index (χ1) is 33.0. The van der Waals surface area contributed by atoms with E-state index in [0.29, 0.717) is 12.8 Å². The molecular formula is C61H46F2N4. The Balaban J connectivity index is 0.881. The molecule has 2 aliphatic carbocycles. The normalized spacial score (nSPS) is 16.1. The Labute approximate surface area is 388 Å². The summed E-state index contributed by atoms with van der Waals surface area (Å²) >= 11 is 0. The second kappa shape index (κ2) is 16.6. The Morgan fingerprint density at radius 3 is 1.60 bits per heavy atom. The fourth-order valence-corrected chi connectivity index (χ4v) is 10.4. The van der Waals surface area contributed by atoms with Crippen LogP contribution in [0.1, 0.15) is 31.2 Å². The number of para-hydroxylation sites is 4. The quantitative estimate of drug-likeness (QED) is 0.144. The molecule has 0 fully saturated rings. The minimum absolute atomic E-state index is 0.0707. The van der Waals surface area contributed by atoms with Crippen molar-refractivity contribution in [2.45, 2.75) is 25.7 Å². The monoisotopic (exact) mass is 872 g/mol. The summed E-state index contributed by atoms with van der Waals surface area (Å²) in [6.07, 6.45) is 11.6. The smallest absolute Gasteiger partial charge is 0.123 e. The first-order valence-electron chi connectivity index (χ1n) is 23.1. The Morgan fingerprint density at radius 2 is 0.985 bits per heavy atom. The van der Waals surface area contributed by atoms with Gasteiger partial charge < -0.3 is 18.9 Å². The molecule has 2 unspecified atom stereocenters. The number of nitrogens with zero attached hydrogens (tertiary/aromatic N) is 4. The Bertz CT molecular complexity index is 3620. The summed E-state index contributed by atoms with van der Waals surface area (Å²) in [5.41, 5.74) is 14.1. The van der Waals surface area contributed by atoms with Gasteiger partial charge in [0.25, 0.3) is 0 Å². The maximum atomic E-state index is 14.1. The first kappa shape index (κ1) is 40.3. The molecule has 0 amide bonds. The Kier molecular flexibility index (Phi) is 10.0. The van der Waals surface area contributed by atoms with E-state index >= 15 is 0 Å². The van der Waals surface area contributed by atoms with Gasteiger partial charge in [-0.3, -0.25) is 0 Å². The van der Waals surface area contributed by atoms with Crippen LogP contribution in [0.25, 0.3) is 55.0 Å². The summed E-state index contributed by atoms with van der Waals surface area (Å²) in [5.74, 6) is 0.0656. The molecule has 2 aromatic heterocycles. The molecule has 2 atom stereocenters. The fraction of sp³-hybridized carbons (Fsp3) is 0.0820. The topological polar surface area (TPSA) is 16.3 Å². The molecule has 0 spiro atoms. The van der Waals surface area contributed by atoms with Crippen molar-refractivity contribution < 1.29 is 8.78 Å². The van der Waals surface area contributed by atoms with Gasteiger partial charge in [0.15, 0.2) is 0 Å². The average molecular weight is 873 g/mol. The lowest BCUT2D eigenvalue weighted by molar-refractivity contribution is 0.587. The van der Waals surface area contributed by atoms with Crippen molar-refractivity contribution in [1.82, 2.24) is 9.13 Å². The van der Waals surface area contributed by atoms with E-state index < -0.39 is 0 Å². The van der Waals surface area contributed by atoms with E-state index in [4.69, 9.17) is 0 Å². The molecule has 2 heterocycles. The van der Waals surface area contributed by atoms with Crippen LogP contribution in [-0.2, 0) is 0 Å². The second-order valence-electron chi connectivity index (χ2n) is 17.6. The van der Waals surface area contributed by atoms with Crippen LogP contribution in [0.5, 0.6) is 0 Å². The molecule has 324 valence electrons. The Morgan fingerprint density at radius 1 is 0.463 bits per heavy atom. The molecule has 0 bridgehead atoms. The highest BCUT2D eigenvalue weighted by molar-refractivity contribution is 6.12. The number of benzene rings is 8. The molecule has 0 N–H and O–H groups in total. The van der Waals surface area contributed by atoms with E-state index in [9.17, 15) is 8.78 Å². The largest absolute Gasteiger partial charge is 0.313 e. The lowest BCUT2D eigenvalue weighted by Crippen LogP contribution is -2.20. The fourth-order valence-electron chi connectivity index (χ4n) is 10.4. The zero-order valence-corrected chi connectivity index (χ0v) is 37.0. The third-order valence-electron chi connectivity index (χ3n) is 13.6. The maximum Gasteiger partial charge on any atom is 0.123 e. The number of allylic oxidation sites excluding steroid dienone is 7. The standard InChI is InChI=1S/C61H46F2N4/c1-41-38-50(65(46-14-6-3-7-15-46)52-34-37-61-57(40-52)55-17-9-11-19-59(55)67(61)49-30-24-44(63)25-31-49)32-35-53(41)42-20-26-47(27-21-42)64(45-12-4-2-5-13-45)51-33-36-60-56(39-51)54-16-8-10-18-58(54)66(60)48-28-22-43(62)23-29-48/h2-24,26-30,32-41,53H,25,31H2,1H3. The number of rotatable bonds is 9. The number of aromatic nitrogens is 2. The predicted octanol–water partition coefficient (Wildman–Crippen LogP) is 17.0. The van der Waals surface area contributed by atoms with Gasteiger partial charge in [-0.1, -0.05) is 104 Å². The van der Waals surface area contributed by atoms with Crippen LogP contribution in [0.4, 0.5) is 37.2 Å². The minimum atomic E-state index is -0.251. The van der Waals surface area contributed by atoms with Gasteiger partial charge in [-0.15, -0.1) is 0 Å². The number of hydrogen-bond acceptors (Lipinski definition) is 2. The molecule has 0 saturated heterocycles. The summed E-state index contributed by atoms with van der Waals surface area (Å²) < 4.78 is 32.7. The molecule has 0 saturated carbocycles. The number of anilines is 5. The van der Waals surface area contributed by atoms with Gasteiger partial charge in [-0.2, -0.15) is 0 Å². The summed E-state index contributed by atoms with van der Waals surface area (Å²) in [6.45, 7) is 2.31. The van der Waals surface area contributed by atoms with Gasteiger partial charge in [0, 0.05) is 79.4 Å². The van der Waals surface area contributed by atoms with Gasteiger partial charge in [0.05, 0.1) is 22.1 Å². The average Bonchev–Trinajstić information content (AvgIpc) is 3.88. The Hall–Kier alpha value is -8.22. The van der Waals surface area contributed by atoms with Crippen molar-refractivity contribution in [3.05, 3.63) is 247 Å². The third-order valence-corrected chi connectivity index (χ3v) is 13.6. The SMILES string of the molecule is CC1C=C(N(c2ccccc2)c2ccc3c(c2)c2ccccc2n3C2=CC=C(F)CC2)C=CC1c1ccc(N(c2ccccc2)c2ccc3c(c2)c2ccccc2n3-c2ccc(F)cc2)cc1. The van der Waals surface area contributed by atoms with Crippen LogP contribution in [0.3, 0.4) is 0 Å². The summed E-state index contributed by atoms with van der Waals surface area (Å²) in [6, 6.07) is 67.2. The molecule has 4 nitrogen and oxygen atoms in total. The first-order valence-corrected chi connectivity index (χ1v) is 23.1. The van der Waals surface area contributed by atoms with E-state index in [1.165, 1.54) is 23.1 Å². The molecule has 67 heavy (non-hydrogen) atoms. The molecule has 0 aliphatic heterocycles. The van der Waals surface area contributed by atoms with Crippen LogP contribution in [0.2, 0.25) is 0 Å². The zero-order valence-electron chi connectivity index (χ0n) is 37.0. The van der Waals surface area contributed by atoms with Crippen molar-refractivity contribution in [3.63, 3.8) is 0 Å². The van der Waals surface area contributed by atoms with Crippen LogP contribution < -0.4 is 9.80 Å². The molecule has 2 aliphatic rings. The van der Waals surface area contributed by atoms with E-state index in [0.717, 1.165) is 83.7 Å². The van der Waals surface area contributed by atoms with Crippen molar-refractivity contribution >= 4 is 77.7 Å². The molecule has 12 rings (SSSR count). The second-order valence-corrected chi connectivity index (χ2v) is 17.6. The van der Waals surface area contributed by atoms with Crippen molar-refractivity contribution in [2.75, 3.05) is 9.80 Å². The highest BCUT2D eigenvalue weighted by atomic mass is 19.1. The third kappa shape index (κ3) is 7.13. The molecule has 6 heteroatoms. The van der Waals surface area contributed by atoms with Crippen molar-refractivity contribution in [3.8, 4) is 5.69 Å². The van der Waals surface area contributed by atoms with Gasteiger partial charge in [-0.25, -0.2) is 8.78 Å². The highest BCUT2D eigenvalue weighted by Crippen LogP contribution is 2.44. The van der Waals surface area contributed by atoms with Gasteiger partial charge in [0.2, 0.25) is 0 Å². The van der Waals surface area contributed by atoms with Crippen LogP contribution in [0, 0.1) is 11.7 Å². The van der Waals surface area contributed by atoms with Crippen molar-refractivity contribution in [1.29, 1.82) is 0 Å².